The molecule has 0 saturated heterocycles. The smallest absolute Gasteiger partial charge is 0.123 e. The van der Waals surface area contributed by atoms with Gasteiger partial charge in [0.15, 0.2) is 0 Å². The minimum Gasteiger partial charge on any atom is -0.497 e. The second kappa shape index (κ2) is 6.27. The summed E-state index contributed by atoms with van der Waals surface area (Å²) in [5, 5.41) is 3.76. The third-order valence-corrected chi connectivity index (χ3v) is 5.14. The van der Waals surface area contributed by atoms with E-state index in [1.807, 2.05) is 12.1 Å². The summed E-state index contributed by atoms with van der Waals surface area (Å²) in [6.07, 6.45) is 5.35. The number of ether oxygens (including phenoxy) is 2. The molecule has 0 amide bonds. The highest BCUT2D eigenvalue weighted by molar-refractivity contribution is 5.42. The van der Waals surface area contributed by atoms with Gasteiger partial charge in [-0.1, -0.05) is 6.92 Å². The Labute approximate surface area is 128 Å². The largest absolute Gasteiger partial charge is 0.497 e. The second-order valence-corrected chi connectivity index (χ2v) is 6.53. The van der Waals surface area contributed by atoms with Crippen LogP contribution in [0.1, 0.15) is 44.2 Å². The van der Waals surface area contributed by atoms with E-state index in [1.165, 1.54) is 24.8 Å². The van der Waals surface area contributed by atoms with Gasteiger partial charge in [-0.25, -0.2) is 0 Å². The summed E-state index contributed by atoms with van der Waals surface area (Å²) in [4.78, 5) is 0. The van der Waals surface area contributed by atoms with Crippen molar-refractivity contribution in [2.75, 3.05) is 20.8 Å². The summed E-state index contributed by atoms with van der Waals surface area (Å²) in [6, 6.07) is 6.55. The first-order valence-corrected chi connectivity index (χ1v) is 8.22. The highest BCUT2D eigenvalue weighted by Crippen LogP contribution is 2.57. The molecule has 2 aliphatic carbocycles. The van der Waals surface area contributed by atoms with Gasteiger partial charge in [0.05, 0.1) is 14.2 Å². The van der Waals surface area contributed by atoms with Gasteiger partial charge in [0, 0.05) is 11.6 Å². The Kier molecular flexibility index (Phi) is 4.39. The van der Waals surface area contributed by atoms with Crippen LogP contribution in [0.4, 0.5) is 0 Å². The van der Waals surface area contributed by atoms with Gasteiger partial charge >= 0.3 is 0 Å². The number of rotatable bonds is 7. The van der Waals surface area contributed by atoms with Gasteiger partial charge in [0.25, 0.3) is 0 Å². The number of methoxy groups -OCH3 is 2. The average molecular weight is 289 g/mol. The van der Waals surface area contributed by atoms with Crippen molar-refractivity contribution in [2.24, 2.45) is 17.8 Å². The fourth-order valence-electron chi connectivity index (χ4n) is 3.95. The Balaban J connectivity index is 1.86. The Morgan fingerprint density at radius 1 is 1.14 bits per heavy atom. The van der Waals surface area contributed by atoms with Crippen molar-refractivity contribution in [3.05, 3.63) is 23.8 Å². The zero-order valence-corrected chi connectivity index (χ0v) is 13.4. The molecule has 3 nitrogen and oxygen atoms in total. The minimum atomic E-state index is 0.391. The van der Waals surface area contributed by atoms with Crippen molar-refractivity contribution in [1.82, 2.24) is 5.32 Å². The average Bonchev–Trinajstić information content (AvgIpc) is 3.13. The number of hydrogen-bond donors (Lipinski definition) is 1. The highest BCUT2D eigenvalue weighted by atomic mass is 16.5. The molecule has 3 rings (SSSR count). The van der Waals surface area contributed by atoms with Crippen LogP contribution in [0.15, 0.2) is 18.2 Å². The maximum absolute atomic E-state index is 5.61. The van der Waals surface area contributed by atoms with Crippen LogP contribution in [0.25, 0.3) is 0 Å². The molecule has 2 fully saturated rings. The Morgan fingerprint density at radius 2 is 1.90 bits per heavy atom. The lowest BCUT2D eigenvalue weighted by Gasteiger charge is -2.28. The molecule has 0 spiro atoms. The summed E-state index contributed by atoms with van der Waals surface area (Å²) in [5.41, 5.74) is 1.26. The van der Waals surface area contributed by atoms with Crippen molar-refractivity contribution in [2.45, 2.75) is 38.6 Å². The molecule has 1 aromatic carbocycles. The monoisotopic (exact) mass is 289 g/mol. The molecule has 3 heteroatoms. The van der Waals surface area contributed by atoms with Crippen LogP contribution >= 0.6 is 0 Å². The maximum atomic E-state index is 5.61. The van der Waals surface area contributed by atoms with Crippen LogP contribution in [0.2, 0.25) is 0 Å². The topological polar surface area (TPSA) is 30.5 Å². The second-order valence-electron chi connectivity index (χ2n) is 6.53. The van der Waals surface area contributed by atoms with Crippen LogP contribution in [0.5, 0.6) is 11.5 Å². The van der Waals surface area contributed by atoms with Crippen molar-refractivity contribution in [3.8, 4) is 11.5 Å². The van der Waals surface area contributed by atoms with Crippen LogP contribution in [0.3, 0.4) is 0 Å². The van der Waals surface area contributed by atoms with Crippen LogP contribution < -0.4 is 14.8 Å². The van der Waals surface area contributed by atoms with E-state index in [0.717, 1.165) is 42.2 Å². The molecule has 2 aliphatic rings. The molecule has 2 saturated carbocycles. The van der Waals surface area contributed by atoms with Gasteiger partial charge in [-0.2, -0.15) is 0 Å². The number of fused-ring (bicyclic) bond motifs is 1. The molecular weight excluding hydrogens is 262 g/mol. The van der Waals surface area contributed by atoms with E-state index in [-0.39, 0.29) is 0 Å². The molecule has 0 aromatic heterocycles. The van der Waals surface area contributed by atoms with Gasteiger partial charge in [0.1, 0.15) is 11.5 Å². The third kappa shape index (κ3) is 3.03. The van der Waals surface area contributed by atoms with E-state index < -0.39 is 0 Å². The van der Waals surface area contributed by atoms with Gasteiger partial charge in [-0.15, -0.1) is 0 Å². The van der Waals surface area contributed by atoms with Crippen molar-refractivity contribution in [1.29, 1.82) is 0 Å². The summed E-state index contributed by atoms with van der Waals surface area (Å²) in [5.74, 6) is 4.62. The van der Waals surface area contributed by atoms with Crippen LogP contribution in [-0.4, -0.2) is 20.8 Å². The third-order valence-electron chi connectivity index (χ3n) is 5.14. The lowest BCUT2D eigenvalue weighted by molar-refractivity contribution is 0.324. The number of hydrogen-bond acceptors (Lipinski definition) is 3. The van der Waals surface area contributed by atoms with E-state index in [2.05, 4.69) is 18.3 Å². The maximum Gasteiger partial charge on any atom is 0.123 e. The normalized spacial score (nSPS) is 28.0. The Morgan fingerprint density at radius 3 is 2.52 bits per heavy atom. The number of benzene rings is 1. The molecule has 0 bridgehead atoms. The molecule has 116 valence electrons. The Hall–Kier alpha value is -1.22. The molecule has 3 unspecified atom stereocenters. The zero-order valence-electron chi connectivity index (χ0n) is 13.4. The van der Waals surface area contributed by atoms with Gasteiger partial charge in [-0.05, 0) is 68.2 Å². The minimum absolute atomic E-state index is 0.391. The fourth-order valence-corrected chi connectivity index (χ4v) is 3.95. The fraction of sp³-hybridized carbons (Fsp3) is 0.667. The zero-order chi connectivity index (χ0) is 14.8. The SMILES string of the molecule is CCCNC(c1cc(OC)ccc1OC)C1CC2CC2C1. The lowest BCUT2D eigenvalue weighted by atomic mass is 9.88. The predicted octanol–water partition coefficient (Wildman–Crippen LogP) is 3.79. The van der Waals surface area contributed by atoms with Crippen molar-refractivity contribution < 1.29 is 9.47 Å². The number of nitrogens with one attached hydrogen (secondary N) is 1. The van der Waals surface area contributed by atoms with Gasteiger partial charge in [-0.3, -0.25) is 0 Å². The quantitative estimate of drug-likeness (QED) is 0.828. The van der Waals surface area contributed by atoms with Crippen LogP contribution in [-0.2, 0) is 0 Å². The predicted molar refractivity (Wildman–Crippen MR) is 84.9 cm³/mol. The first kappa shape index (κ1) is 14.7. The summed E-state index contributed by atoms with van der Waals surface area (Å²) in [7, 11) is 3.49. The van der Waals surface area contributed by atoms with E-state index in [0.29, 0.717) is 6.04 Å². The first-order valence-electron chi connectivity index (χ1n) is 8.22. The van der Waals surface area contributed by atoms with Gasteiger partial charge in [0.2, 0.25) is 0 Å². The van der Waals surface area contributed by atoms with Gasteiger partial charge < -0.3 is 14.8 Å². The van der Waals surface area contributed by atoms with Crippen molar-refractivity contribution >= 4 is 0 Å². The summed E-state index contributed by atoms with van der Waals surface area (Å²) < 4.78 is 11.0. The molecule has 0 heterocycles. The molecule has 3 atom stereocenters. The molecule has 0 aliphatic heterocycles. The first-order chi connectivity index (χ1) is 10.3. The Bertz CT molecular complexity index is 478. The van der Waals surface area contributed by atoms with E-state index >= 15 is 0 Å². The molecule has 1 aromatic rings. The highest BCUT2D eigenvalue weighted by Gasteiger charge is 2.48. The molecular formula is C18H27NO2. The lowest BCUT2D eigenvalue weighted by Crippen LogP contribution is -2.29. The standard InChI is InChI=1S/C18H27NO2/c1-4-7-19-18(14-9-12-8-13(12)10-14)16-11-15(20-2)5-6-17(16)21-3/h5-6,11-14,18-19H,4,7-10H2,1-3H3. The summed E-state index contributed by atoms with van der Waals surface area (Å²) in [6.45, 7) is 3.27. The summed E-state index contributed by atoms with van der Waals surface area (Å²) >= 11 is 0. The van der Waals surface area contributed by atoms with Crippen molar-refractivity contribution in [3.63, 3.8) is 0 Å². The molecule has 0 radical (unpaired) electrons. The van der Waals surface area contributed by atoms with E-state index in [4.69, 9.17) is 9.47 Å². The molecule has 1 N–H and O–H groups in total. The molecule has 21 heavy (non-hydrogen) atoms. The van der Waals surface area contributed by atoms with Crippen LogP contribution in [0, 0.1) is 17.8 Å². The van der Waals surface area contributed by atoms with E-state index in [1.54, 1.807) is 14.2 Å². The van der Waals surface area contributed by atoms with E-state index in [9.17, 15) is 0 Å².